The van der Waals surface area contributed by atoms with Crippen LogP contribution in [-0.2, 0) is 44.7 Å². The summed E-state index contributed by atoms with van der Waals surface area (Å²) >= 11 is 0. The van der Waals surface area contributed by atoms with Crippen LogP contribution in [0.5, 0.6) is 0 Å². The zero-order valence-electron chi connectivity index (χ0n) is 32.1. The standard InChI is InChI=1S/C39H52F2N6O9/c1-5-6-10-31(49)43-27(15-23-13-24(40)16-25(41)14-23)34(50)44-32-22(4)55-39(54)30-12-20(2)18-46(30)36(52)21(3)42-35(51)28-9-7-8-11-45(28)38-33(56-38)29-17-26(48)19-47(29)37(32)53/h6,10,13-14,16,20-22,26-30,32-33,38,48H,5,7-9,11-12,15,17-19H2,1-4H3,(H,42,51)(H,43,49)(H,44,50)/b10-6+/t20-,21+,22+,26-,27+,28+,29+,30+,32+,33?,38+/m1/s1. The van der Waals surface area contributed by atoms with Crippen molar-refractivity contribution in [2.75, 3.05) is 19.6 Å². The Labute approximate surface area is 324 Å². The van der Waals surface area contributed by atoms with Crippen molar-refractivity contribution in [3.05, 3.63) is 47.5 Å². The van der Waals surface area contributed by atoms with Gasteiger partial charge in [0.15, 0.2) is 0 Å². The molecule has 5 aliphatic rings. The number of piperidine rings is 1. The van der Waals surface area contributed by atoms with Gasteiger partial charge in [-0.2, -0.15) is 0 Å². The number of cyclic esters (lactones) is 1. The molecule has 5 saturated heterocycles. The van der Waals surface area contributed by atoms with Crippen LogP contribution in [0.15, 0.2) is 30.4 Å². The van der Waals surface area contributed by atoms with Crippen LogP contribution in [0.3, 0.4) is 0 Å². The molecule has 11 atom stereocenters. The second kappa shape index (κ2) is 17.3. The number of nitrogens with zero attached hydrogens (tertiary/aromatic N) is 3. The summed E-state index contributed by atoms with van der Waals surface area (Å²) in [7, 11) is 0. The molecule has 56 heavy (non-hydrogen) atoms. The quantitative estimate of drug-likeness (QED) is 0.174. The molecule has 1 aromatic carbocycles. The van der Waals surface area contributed by atoms with Crippen LogP contribution >= 0.6 is 0 Å². The van der Waals surface area contributed by atoms with Gasteiger partial charge in [-0.05, 0) is 75.6 Å². The summed E-state index contributed by atoms with van der Waals surface area (Å²) < 4.78 is 40.5. The number of aliphatic hydroxyl groups excluding tert-OH is 1. The maximum Gasteiger partial charge on any atom is 0.329 e. The lowest BCUT2D eigenvalue weighted by Gasteiger charge is -2.35. The number of carbonyl (C=O) groups is 6. The number of epoxide rings is 1. The van der Waals surface area contributed by atoms with Gasteiger partial charge in [-0.25, -0.2) is 13.6 Å². The molecule has 0 radical (unpaired) electrons. The number of hydrogen-bond donors (Lipinski definition) is 4. The molecule has 0 spiro atoms. The lowest BCUT2D eigenvalue weighted by Crippen LogP contribution is -2.60. The lowest BCUT2D eigenvalue weighted by molar-refractivity contribution is -0.161. The van der Waals surface area contributed by atoms with E-state index in [4.69, 9.17) is 9.47 Å². The third-order valence-corrected chi connectivity index (χ3v) is 11.3. The molecule has 0 aliphatic carbocycles. The number of allylic oxidation sites excluding steroid dienone is 1. The number of ether oxygens (including phenoxy) is 2. The minimum absolute atomic E-state index is 0.0557. The average Bonchev–Trinajstić information content (AvgIpc) is 3.69. The first-order valence-electron chi connectivity index (χ1n) is 19.6. The number of amides is 5. The first-order chi connectivity index (χ1) is 26.6. The van der Waals surface area contributed by atoms with Crippen molar-refractivity contribution < 1.29 is 52.1 Å². The van der Waals surface area contributed by atoms with Crippen molar-refractivity contribution in [3.8, 4) is 0 Å². The highest BCUT2D eigenvalue weighted by Crippen LogP contribution is 2.40. The summed E-state index contributed by atoms with van der Waals surface area (Å²) in [5.41, 5.74) is 0.0557. The Balaban J connectivity index is 1.34. The van der Waals surface area contributed by atoms with Crippen LogP contribution in [-0.4, -0.2) is 136 Å². The predicted molar refractivity (Wildman–Crippen MR) is 195 cm³/mol. The van der Waals surface area contributed by atoms with Gasteiger partial charge in [-0.1, -0.05) is 26.3 Å². The van der Waals surface area contributed by atoms with E-state index in [2.05, 4.69) is 16.0 Å². The van der Waals surface area contributed by atoms with Crippen LogP contribution in [0.2, 0.25) is 0 Å². The van der Waals surface area contributed by atoms with Gasteiger partial charge in [0.2, 0.25) is 29.5 Å². The summed E-state index contributed by atoms with van der Waals surface area (Å²) in [6.45, 7) is 7.29. The van der Waals surface area contributed by atoms with E-state index in [0.717, 1.165) is 25.0 Å². The largest absolute Gasteiger partial charge is 0.458 e. The molecule has 5 amide bonds. The fourth-order valence-electron chi connectivity index (χ4n) is 8.50. The molecule has 0 aromatic heterocycles. The van der Waals surface area contributed by atoms with Crippen molar-refractivity contribution in [2.45, 2.75) is 133 Å². The molecule has 1 unspecified atom stereocenters. The van der Waals surface area contributed by atoms with Crippen molar-refractivity contribution in [1.82, 2.24) is 30.7 Å². The minimum atomic E-state index is -1.57. The minimum Gasteiger partial charge on any atom is -0.458 e. The molecular formula is C39H52F2N6O9. The Morgan fingerprint density at radius 1 is 1.00 bits per heavy atom. The molecule has 1 aromatic rings. The normalized spacial score (nSPS) is 33.4. The molecule has 5 aliphatic heterocycles. The molecular weight excluding hydrogens is 734 g/mol. The SMILES string of the molecule is CC/C=C/C(=O)N[C@@H](Cc1cc(F)cc(F)c1)C(=O)N[C@@H]1C(=O)N2C[C@H](O)C[C@H]2C2O[C@@H]2N2CCCC[C@H]2C(=O)N[C@@H](C)C(=O)N2C[C@H](C)C[C@H]2C(=O)O[C@H]1C. The first kappa shape index (κ1) is 41.2. The van der Waals surface area contributed by atoms with E-state index < -0.39 is 102 Å². The molecule has 4 N–H and O–H groups in total. The van der Waals surface area contributed by atoms with Gasteiger partial charge in [-0.15, -0.1) is 0 Å². The molecule has 306 valence electrons. The van der Waals surface area contributed by atoms with Crippen LogP contribution in [0.25, 0.3) is 0 Å². The molecule has 6 rings (SSSR count). The maximum atomic E-state index is 14.7. The number of nitrogens with one attached hydrogen (secondary N) is 3. The van der Waals surface area contributed by atoms with E-state index >= 15 is 0 Å². The summed E-state index contributed by atoms with van der Waals surface area (Å²) in [5, 5.41) is 18.9. The lowest BCUT2D eigenvalue weighted by atomic mass is 9.99. The summed E-state index contributed by atoms with van der Waals surface area (Å²) in [6, 6.07) is -3.59. The van der Waals surface area contributed by atoms with E-state index in [1.807, 2.05) is 11.8 Å². The van der Waals surface area contributed by atoms with E-state index in [9.17, 15) is 42.7 Å². The number of hydrogen-bond acceptors (Lipinski definition) is 10. The van der Waals surface area contributed by atoms with Crippen LogP contribution in [0, 0.1) is 17.6 Å². The molecule has 5 fully saturated rings. The van der Waals surface area contributed by atoms with Crippen molar-refractivity contribution in [1.29, 1.82) is 0 Å². The number of aliphatic hydroxyl groups is 1. The summed E-state index contributed by atoms with van der Waals surface area (Å²) in [5.74, 6) is -5.79. The molecule has 0 saturated carbocycles. The molecule has 0 bridgehead atoms. The second-order valence-electron chi connectivity index (χ2n) is 15.7. The van der Waals surface area contributed by atoms with Crippen molar-refractivity contribution in [2.24, 2.45) is 5.92 Å². The topological polar surface area (TPSA) is 190 Å². The fraction of sp³-hybridized carbons (Fsp3) is 0.641. The van der Waals surface area contributed by atoms with E-state index in [1.165, 1.54) is 22.8 Å². The van der Waals surface area contributed by atoms with Gasteiger partial charge < -0.3 is 40.3 Å². The van der Waals surface area contributed by atoms with Gasteiger partial charge in [0.1, 0.15) is 54.2 Å². The Morgan fingerprint density at radius 2 is 1.73 bits per heavy atom. The number of fused-ring (bicyclic) bond motifs is 6. The number of rotatable bonds is 7. The number of benzene rings is 1. The van der Waals surface area contributed by atoms with Gasteiger partial charge in [-0.3, -0.25) is 28.9 Å². The van der Waals surface area contributed by atoms with Gasteiger partial charge in [0, 0.05) is 32.1 Å². The predicted octanol–water partition coefficient (Wildman–Crippen LogP) is 0.671. The summed E-state index contributed by atoms with van der Waals surface area (Å²) in [4.78, 5) is 87.8. The highest BCUT2D eigenvalue weighted by Gasteiger charge is 2.57. The summed E-state index contributed by atoms with van der Waals surface area (Å²) in [6.07, 6.45) is 1.97. The molecule has 15 nitrogen and oxygen atoms in total. The monoisotopic (exact) mass is 786 g/mol. The van der Waals surface area contributed by atoms with E-state index in [-0.39, 0.29) is 49.7 Å². The Bertz CT molecular complexity index is 1710. The molecule has 5 heterocycles. The zero-order valence-corrected chi connectivity index (χ0v) is 32.1. The Kier molecular flexibility index (Phi) is 12.7. The van der Waals surface area contributed by atoms with Gasteiger partial charge in [0.05, 0.1) is 18.2 Å². The van der Waals surface area contributed by atoms with E-state index in [1.54, 1.807) is 19.9 Å². The molecule has 17 heteroatoms. The van der Waals surface area contributed by atoms with Gasteiger partial charge >= 0.3 is 5.97 Å². The third-order valence-electron chi connectivity index (χ3n) is 11.3. The number of esters is 1. The van der Waals surface area contributed by atoms with Gasteiger partial charge in [0.25, 0.3) is 0 Å². The number of carbonyl (C=O) groups excluding carboxylic acids is 6. The Morgan fingerprint density at radius 3 is 2.45 bits per heavy atom. The zero-order chi connectivity index (χ0) is 40.4. The smallest absolute Gasteiger partial charge is 0.329 e. The van der Waals surface area contributed by atoms with Crippen LogP contribution < -0.4 is 16.0 Å². The van der Waals surface area contributed by atoms with Crippen molar-refractivity contribution >= 4 is 35.5 Å². The average molecular weight is 787 g/mol. The van der Waals surface area contributed by atoms with Crippen LogP contribution in [0.4, 0.5) is 8.78 Å². The Hall–Kier alpha value is -4.48. The third kappa shape index (κ3) is 9.21. The van der Waals surface area contributed by atoms with Crippen LogP contribution in [0.1, 0.15) is 71.8 Å². The fourth-order valence-corrected chi connectivity index (χ4v) is 8.50. The highest BCUT2D eigenvalue weighted by molar-refractivity contribution is 5.96. The van der Waals surface area contributed by atoms with E-state index in [0.29, 0.717) is 25.5 Å². The number of halogens is 2. The second-order valence-corrected chi connectivity index (χ2v) is 15.7. The van der Waals surface area contributed by atoms with Crippen molar-refractivity contribution in [3.63, 3.8) is 0 Å². The maximum absolute atomic E-state index is 14.7. The highest BCUT2D eigenvalue weighted by atomic mass is 19.1. The first-order valence-corrected chi connectivity index (χ1v) is 19.6.